The Kier molecular flexibility index (Phi) is 3.09. The number of halogens is 1. The third kappa shape index (κ3) is 2.27. The Bertz CT molecular complexity index is 616. The van der Waals surface area contributed by atoms with E-state index in [9.17, 15) is 4.79 Å². The molecule has 1 aromatic carbocycles. The van der Waals surface area contributed by atoms with E-state index in [1.165, 1.54) is 0 Å². The van der Waals surface area contributed by atoms with Crippen LogP contribution in [-0.4, -0.2) is 24.0 Å². The average molecular weight is 275 g/mol. The lowest BCUT2D eigenvalue weighted by Crippen LogP contribution is -2.37. The molecule has 0 bridgehead atoms. The van der Waals surface area contributed by atoms with Crippen LogP contribution in [-0.2, 0) is 0 Å². The van der Waals surface area contributed by atoms with E-state index >= 15 is 0 Å². The van der Waals surface area contributed by atoms with Crippen LogP contribution < -0.4 is 9.64 Å². The summed E-state index contributed by atoms with van der Waals surface area (Å²) in [6, 6.07) is 8.67. The Morgan fingerprint density at radius 3 is 2.84 bits per heavy atom. The number of anilines is 1. The molecule has 2 aromatic rings. The van der Waals surface area contributed by atoms with Gasteiger partial charge in [-0.15, -0.1) is 0 Å². The van der Waals surface area contributed by atoms with Gasteiger partial charge in [0.05, 0.1) is 12.2 Å². The third-order valence-electron chi connectivity index (χ3n) is 2.96. The lowest BCUT2D eigenvalue weighted by atomic mass is 10.2. The quantitative estimate of drug-likeness (QED) is 0.803. The number of rotatable bonds is 1. The van der Waals surface area contributed by atoms with Gasteiger partial charge in [-0.2, -0.15) is 0 Å². The highest BCUT2D eigenvalue weighted by molar-refractivity contribution is 6.31. The zero-order valence-electron chi connectivity index (χ0n) is 10.0. The van der Waals surface area contributed by atoms with Crippen LogP contribution in [0.3, 0.4) is 0 Å². The van der Waals surface area contributed by atoms with Crippen LogP contribution in [0, 0.1) is 0 Å². The maximum Gasteiger partial charge on any atom is 0.258 e. The number of fused-ring (bicyclic) bond motifs is 1. The Hall–Kier alpha value is -2.07. The second-order valence-corrected chi connectivity index (χ2v) is 4.59. The van der Waals surface area contributed by atoms with E-state index in [0.717, 1.165) is 0 Å². The van der Waals surface area contributed by atoms with Crippen molar-refractivity contribution in [2.24, 2.45) is 0 Å². The topological polar surface area (TPSA) is 42.4 Å². The molecule has 3 rings (SSSR count). The molecule has 19 heavy (non-hydrogen) atoms. The Balaban J connectivity index is 2.00. The molecule has 0 radical (unpaired) electrons. The summed E-state index contributed by atoms with van der Waals surface area (Å²) >= 11 is 5.99. The minimum absolute atomic E-state index is 0.0748. The summed E-state index contributed by atoms with van der Waals surface area (Å²) in [5, 5.41) is 0.580. The van der Waals surface area contributed by atoms with Crippen molar-refractivity contribution in [2.75, 3.05) is 18.1 Å². The van der Waals surface area contributed by atoms with Gasteiger partial charge in [0.2, 0.25) is 0 Å². The Labute approximate surface area is 115 Å². The predicted molar refractivity (Wildman–Crippen MR) is 72.9 cm³/mol. The van der Waals surface area contributed by atoms with Crippen LogP contribution >= 0.6 is 11.6 Å². The normalized spacial score (nSPS) is 13.6. The van der Waals surface area contributed by atoms with Gasteiger partial charge in [-0.05, 0) is 30.3 Å². The number of aromatic nitrogens is 1. The van der Waals surface area contributed by atoms with E-state index in [0.29, 0.717) is 35.2 Å². The van der Waals surface area contributed by atoms with E-state index < -0.39 is 0 Å². The zero-order chi connectivity index (χ0) is 13.2. The molecule has 4 nitrogen and oxygen atoms in total. The lowest BCUT2D eigenvalue weighted by Gasteiger charge is -2.29. The molecule has 0 fully saturated rings. The van der Waals surface area contributed by atoms with Gasteiger partial charge in [0.15, 0.2) is 0 Å². The second kappa shape index (κ2) is 4.90. The van der Waals surface area contributed by atoms with Crippen molar-refractivity contribution < 1.29 is 9.53 Å². The fourth-order valence-electron chi connectivity index (χ4n) is 2.05. The van der Waals surface area contributed by atoms with Crippen LogP contribution in [0.1, 0.15) is 10.4 Å². The summed E-state index contributed by atoms with van der Waals surface area (Å²) in [6.07, 6.45) is 3.21. The first-order chi connectivity index (χ1) is 9.25. The highest BCUT2D eigenvalue weighted by atomic mass is 35.5. The van der Waals surface area contributed by atoms with Crippen molar-refractivity contribution in [2.45, 2.75) is 0 Å². The number of ether oxygens (including phenoxy) is 1. The zero-order valence-corrected chi connectivity index (χ0v) is 10.8. The fourth-order valence-corrected chi connectivity index (χ4v) is 2.22. The molecule has 1 aliphatic heterocycles. The van der Waals surface area contributed by atoms with Crippen LogP contribution in [0.4, 0.5) is 5.69 Å². The predicted octanol–water partition coefficient (Wildman–Crippen LogP) is 2.77. The van der Waals surface area contributed by atoms with E-state index in [4.69, 9.17) is 16.3 Å². The summed E-state index contributed by atoms with van der Waals surface area (Å²) < 4.78 is 5.53. The van der Waals surface area contributed by atoms with Crippen LogP contribution in [0.5, 0.6) is 5.75 Å². The minimum atomic E-state index is -0.0748. The third-order valence-corrected chi connectivity index (χ3v) is 3.19. The minimum Gasteiger partial charge on any atom is -0.490 e. The van der Waals surface area contributed by atoms with E-state index in [2.05, 4.69) is 4.98 Å². The van der Waals surface area contributed by atoms with Gasteiger partial charge in [0, 0.05) is 23.0 Å². The molecule has 1 aromatic heterocycles. The van der Waals surface area contributed by atoms with Gasteiger partial charge in [0.1, 0.15) is 12.4 Å². The van der Waals surface area contributed by atoms with E-state index in [1.54, 1.807) is 47.6 Å². The maximum atomic E-state index is 12.5. The van der Waals surface area contributed by atoms with Gasteiger partial charge in [-0.1, -0.05) is 11.6 Å². The number of amides is 1. The molecule has 0 saturated carbocycles. The van der Waals surface area contributed by atoms with Crippen molar-refractivity contribution in [3.63, 3.8) is 0 Å². The number of pyridine rings is 1. The average Bonchev–Trinajstić information content (AvgIpc) is 2.47. The van der Waals surface area contributed by atoms with Crippen LogP contribution in [0.15, 0.2) is 42.7 Å². The molecule has 0 saturated heterocycles. The molecule has 0 atom stereocenters. The van der Waals surface area contributed by atoms with Crippen molar-refractivity contribution in [1.82, 2.24) is 4.98 Å². The fraction of sp³-hybridized carbons (Fsp3) is 0.143. The lowest BCUT2D eigenvalue weighted by molar-refractivity contribution is 0.0976. The van der Waals surface area contributed by atoms with Gasteiger partial charge in [0.25, 0.3) is 5.91 Å². The Morgan fingerprint density at radius 2 is 2.05 bits per heavy atom. The van der Waals surface area contributed by atoms with Crippen molar-refractivity contribution in [3.8, 4) is 5.75 Å². The highest BCUT2D eigenvalue weighted by Gasteiger charge is 2.24. The first kappa shape index (κ1) is 12.0. The number of benzene rings is 1. The molecule has 2 heterocycles. The SMILES string of the molecule is O=C(c1ccncc1)N1CCOc2ccc(Cl)cc21. The number of carbonyl (C=O) groups excluding carboxylic acids is 1. The molecule has 0 unspecified atom stereocenters. The molecule has 0 N–H and O–H groups in total. The molecule has 0 aliphatic carbocycles. The summed E-state index contributed by atoms with van der Waals surface area (Å²) in [5.74, 6) is 0.604. The maximum absolute atomic E-state index is 12.5. The summed E-state index contributed by atoms with van der Waals surface area (Å²) in [7, 11) is 0. The van der Waals surface area contributed by atoms with Gasteiger partial charge < -0.3 is 9.64 Å². The van der Waals surface area contributed by atoms with Gasteiger partial charge in [-0.3, -0.25) is 9.78 Å². The van der Waals surface area contributed by atoms with Crippen molar-refractivity contribution >= 4 is 23.2 Å². The molecule has 5 heteroatoms. The largest absolute Gasteiger partial charge is 0.490 e. The summed E-state index contributed by atoms with van der Waals surface area (Å²) in [4.78, 5) is 18.1. The molecule has 0 spiro atoms. The molecular weight excluding hydrogens is 264 g/mol. The number of carbonyl (C=O) groups is 1. The monoisotopic (exact) mass is 274 g/mol. The standard InChI is InChI=1S/C14H11ClN2O2/c15-11-1-2-13-12(9-11)17(7-8-19-13)14(18)10-3-5-16-6-4-10/h1-6,9H,7-8H2. The molecule has 1 amide bonds. The molecule has 1 aliphatic rings. The highest BCUT2D eigenvalue weighted by Crippen LogP contribution is 2.34. The first-order valence-electron chi connectivity index (χ1n) is 5.90. The molecular formula is C14H11ClN2O2. The summed E-state index contributed by atoms with van der Waals surface area (Å²) in [6.45, 7) is 0.986. The smallest absolute Gasteiger partial charge is 0.258 e. The first-order valence-corrected chi connectivity index (χ1v) is 6.28. The van der Waals surface area contributed by atoms with Crippen LogP contribution in [0.2, 0.25) is 5.02 Å². The van der Waals surface area contributed by atoms with E-state index in [1.807, 2.05) is 0 Å². The second-order valence-electron chi connectivity index (χ2n) is 4.15. The van der Waals surface area contributed by atoms with Gasteiger partial charge in [-0.25, -0.2) is 0 Å². The molecule has 96 valence electrons. The van der Waals surface area contributed by atoms with Crippen molar-refractivity contribution in [1.29, 1.82) is 0 Å². The number of nitrogens with zero attached hydrogens (tertiary/aromatic N) is 2. The summed E-state index contributed by atoms with van der Waals surface area (Å²) in [5.41, 5.74) is 1.31. The number of hydrogen-bond acceptors (Lipinski definition) is 3. The Morgan fingerprint density at radius 1 is 1.26 bits per heavy atom. The number of hydrogen-bond donors (Lipinski definition) is 0. The van der Waals surface area contributed by atoms with E-state index in [-0.39, 0.29) is 5.91 Å². The van der Waals surface area contributed by atoms with Gasteiger partial charge >= 0.3 is 0 Å². The van der Waals surface area contributed by atoms with Crippen molar-refractivity contribution in [3.05, 3.63) is 53.3 Å². The van der Waals surface area contributed by atoms with Crippen LogP contribution in [0.25, 0.3) is 0 Å².